The van der Waals surface area contributed by atoms with E-state index in [0.717, 1.165) is 26.6 Å². The number of carboxylic acids is 1. The second-order valence-corrected chi connectivity index (χ2v) is 10.2. The fraction of sp³-hybridized carbons (Fsp3) is 0.179. The van der Waals surface area contributed by atoms with Gasteiger partial charge in [0.25, 0.3) is 5.69 Å². The van der Waals surface area contributed by atoms with Gasteiger partial charge in [0, 0.05) is 23.2 Å². The third-order valence-electron chi connectivity index (χ3n) is 7.87. The molecule has 3 aromatic heterocycles. The van der Waals surface area contributed by atoms with Crippen LogP contribution in [0.5, 0.6) is 0 Å². The third-order valence-corrected chi connectivity index (χ3v) is 7.87. The summed E-state index contributed by atoms with van der Waals surface area (Å²) in [6, 6.07) is 15.7. The van der Waals surface area contributed by atoms with Gasteiger partial charge in [0.1, 0.15) is 17.9 Å². The lowest BCUT2D eigenvalue weighted by Crippen LogP contribution is -2.35. The van der Waals surface area contributed by atoms with Crippen LogP contribution in [0.3, 0.4) is 0 Å². The van der Waals surface area contributed by atoms with Gasteiger partial charge in [-0.3, -0.25) is 33.8 Å². The number of non-ortho nitro benzene ring substituents is 1. The van der Waals surface area contributed by atoms with Crippen molar-refractivity contribution >= 4 is 45.3 Å². The number of nitrogens with one attached hydrogen (secondary N) is 1. The van der Waals surface area contributed by atoms with E-state index in [4.69, 9.17) is 4.98 Å². The Morgan fingerprint density at radius 1 is 1.07 bits per heavy atom. The van der Waals surface area contributed by atoms with Crippen molar-refractivity contribution in [3.63, 3.8) is 0 Å². The molecule has 1 amide bonds. The first-order chi connectivity index (χ1) is 19.2. The zero-order chi connectivity index (χ0) is 27.8. The molecule has 7 rings (SSSR count). The fourth-order valence-electron chi connectivity index (χ4n) is 6.13. The van der Waals surface area contributed by atoms with Crippen molar-refractivity contribution < 1.29 is 19.6 Å². The second kappa shape index (κ2) is 8.30. The van der Waals surface area contributed by atoms with Crippen LogP contribution in [0, 0.1) is 10.1 Å². The van der Waals surface area contributed by atoms with E-state index in [1.807, 2.05) is 30.3 Å². The summed E-state index contributed by atoms with van der Waals surface area (Å²) in [6.07, 6.45) is 2.73. The number of imidazole rings is 1. The first-order valence-corrected chi connectivity index (χ1v) is 12.5. The Hall–Kier alpha value is -5.39. The number of hydrogen-bond acceptors (Lipinski definition) is 7. The van der Waals surface area contributed by atoms with Crippen molar-refractivity contribution in [1.29, 1.82) is 0 Å². The quantitative estimate of drug-likeness (QED) is 0.256. The molecule has 1 aliphatic heterocycles. The Morgan fingerprint density at radius 3 is 2.65 bits per heavy atom. The molecular weight excluding hydrogens is 516 g/mol. The first-order valence-electron chi connectivity index (χ1n) is 12.5. The van der Waals surface area contributed by atoms with Gasteiger partial charge in [-0.1, -0.05) is 18.2 Å². The van der Waals surface area contributed by atoms with Gasteiger partial charge in [0.2, 0.25) is 5.91 Å². The molecule has 0 radical (unpaired) electrons. The normalized spacial score (nSPS) is 17.4. The first kappa shape index (κ1) is 23.7. The van der Waals surface area contributed by atoms with E-state index in [1.54, 1.807) is 18.3 Å². The number of hydrogen-bond donors (Lipinski definition) is 2. The number of aromatic nitrogens is 4. The van der Waals surface area contributed by atoms with E-state index in [0.29, 0.717) is 29.9 Å². The molecule has 12 heteroatoms. The molecule has 12 nitrogen and oxygen atoms in total. The Balaban J connectivity index is 1.29. The van der Waals surface area contributed by atoms with Gasteiger partial charge < -0.3 is 10.4 Å². The van der Waals surface area contributed by atoms with Crippen LogP contribution in [0.25, 0.3) is 21.9 Å². The number of rotatable bonds is 5. The molecule has 0 unspecified atom stereocenters. The van der Waals surface area contributed by atoms with E-state index < -0.39 is 28.5 Å². The van der Waals surface area contributed by atoms with Crippen LogP contribution < -0.4 is 11.0 Å². The number of carbonyl (C=O) groups is 2. The van der Waals surface area contributed by atoms with Crippen LogP contribution in [0.1, 0.15) is 22.4 Å². The van der Waals surface area contributed by atoms with Gasteiger partial charge in [-0.2, -0.15) is 0 Å². The summed E-state index contributed by atoms with van der Waals surface area (Å²) < 4.78 is 2.21. The van der Waals surface area contributed by atoms with Crippen molar-refractivity contribution in [1.82, 2.24) is 19.1 Å². The number of carboxylic acid groups (broad SMARTS) is 1. The van der Waals surface area contributed by atoms with Crippen LogP contribution in [-0.4, -0.2) is 41.0 Å². The van der Waals surface area contributed by atoms with E-state index in [2.05, 4.69) is 10.3 Å². The van der Waals surface area contributed by atoms with Crippen molar-refractivity contribution in [3.8, 4) is 0 Å². The summed E-state index contributed by atoms with van der Waals surface area (Å²) in [5, 5.41) is 24.8. The maximum Gasteiger partial charge on any atom is 0.330 e. The number of carbonyl (C=O) groups excluding carboxylic acids is 1. The minimum absolute atomic E-state index is 0.0124. The predicted molar refractivity (Wildman–Crippen MR) is 143 cm³/mol. The molecule has 2 N–H and O–H groups in total. The number of pyridine rings is 2. The van der Waals surface area contributed by atoms with Crippen LogP contribution in [0.15, 0.2) is 65.6 Å². The van der Waals surface area contributed by atoms with Crippen molar-refractivity contribution in [2.24, 2.45) is 0 Å². The number of nitro benzene ring substituents is 1. The predicted octanol–water partition coefficient (Wildman–Crippen LogP) is 2.78. The van der Waals surface area contributed by atoms with Crippen LogP contribution in [0.2, 0.25) is 0 Å². The van der Waals surface area contributed by atoms with E-state index in [-0.39, 0.29) is 29.2 Å². The van der Waals surface area contributed by atoms with Crippen molar-refractivity contribution in [2.45, 2.75) is 31.3 Å². The molecule has 0 bridgehead atoms. The number of nitro groups is 1. The zero-order valence-corrected chi connectivity index (χ0v) is 20.8. The summed E-state index contributed by atoms with van der Waals surface area (Å²) >= 11 is 0. The lowest BCUT2D eigenvalue weighted by atomic mass is 9.79. The highest BCUT2D eigenvalue weighted by molar-refractivity contribution is 6.06. The van der Waals surface area contributed by atoms with Crippen molar-refractivity contribution in [2.75, 3.05) is 5.32 Å². The monoisotopic (exact) mass is 536 g/mol. The number of anilines is 1. The highest BCUT2D eigenvalue weighted by atomic mass is 16.6. The highest BCUT2D eigenvalue weighted by Crippen LogP contribution is 2.47. The molecule has 0 fully saturated rings. The minimum Gasteiger partial charge on any atom is -0.480 e. The van der Waals surface area contributed by atoms with Crippen LogP contribution in [0.4, 0.5) is 11.5 Å². The van der Waals surface area contributed by atoms with Crippen LogP contribution in [-0.2, 0) is 40.9 Å². The maximum absolute atomic E-state index is 13.3. The van der Waals surface area contributed by atoms with Gasteiger partial charge in [0.05, 0.1) is 33.6 Å². The summed E-state index contributed by atoms with van der Waals surface area (Å²) in [7, 11) is 0. The molecule has 198 valence electrons. The smallest absolute Gasteiger partial charge is 0.330 e. The van der Waals surface area contributed by atoms with Gasteiger partial charge in [0.15, 0.2) is 0 Å². The van der Waals surface area contributed by atoms with Gasteiger partial charge in [-0.05, 0) is 54.3 Å². The molecule has 1 spiro atoms. The molecule has 1 aliphatic carbocycles. The maximum atomic E-state index is 13.3. The Morgan fingerprint density at radius 2 is 1.88 bits per heavy atom. The Labute approximate surface area is 224 Å². The molecular formula is C28H20N6O6. The number of fused-ring (bicyclic) bond motifs is 5. The zero-order valence-electron chi connectivity index (χ0n) is 20.8. The summed E-state index contributed by atoms with van der Waals surface area (Å²) in [6.45, 7) is -0.722. The average Bonchev–Trinajstić information content (AvgIpc) is 3.52. The lowest BCUT2D eigenvalue weighted by molar-refractivity contribution is -0.383. The van der Waals surface area contributed by atoms with Gasteiger partial charge in [-0.25, -0.2) is 9.78 Å². The minimum atomic E-state index is -1.29. The molecule has 40 heavy (non-hydrogen) atoms. The topological polar surface area (TPSA) is 162 Å². The lowest BCUT2D eigenvalue weighted by Gasteiger charge is -2.20. The average molecular weight is 537 g/mol. The Kier molecular flexibility index (Phi) is 4.92. The fourth-order valence-corrected chi connectivity index (χ4v) is 6.13. The number of benzene rings is 2. The molecule has 0 saturated heterocycles. The van der Waals surface area contributed by atoms with Crippen molar-refractivity contribution in [3.05, 3.63) is 104 Å². The van der Waals surface area contributed by atoms with E-state index in [1.165, 1.54) is 16.7 Å². The summed E-state index contributed by atoms with van der Waals surface area (Å²) in [4.78, 5) is 57.9. The number of para-hydroxylation sites is 1. The largest absolute Gasteiger partial charge is 0.480 e. The highest BCUT2D eigenvalue weighted by Gasteiger charge is 2.51. The van der Waals surface area contributed by atoms with Crippen LogP contribution >= 0.6 is 0 Å². The third kappa shape index (κ3) is 3.35. The number of nitrogens with zero attached hydrogens (tertiary/aromatic N) is 5. The SMILES string of the molecule is O=C(O)Cn1c(=O)n(Cc2ccc3cc4c(cc3n2)C[C@]2(C4)C(=O)Nc3ncccc32)c2cccc([N+](=O)[O-])c21. The summed E-state index contributed by atoms with van der Waals surface area (Å²) in [5.41, 5.74) is 2.64. The molecule has 4 heterocycles. The second-order valence-electron chi connectivity index (χ2n) is 10.2. The number of aliphatic carboxylic acids is 1. The standard InChI is InChI=1S/C28H20N6O6/c35-23(36)14-33-24-21(4-1-5-22(24)34(39)40)32(27(33)38)13-18-7-6-15-9-16-11-28(12-17(16)10-20(15)30-18)19-3-2-8-29-25(19)31-26(28)37/h1-10H,11-14H2,(H,35,36)(H,29,31,37)/t28-/m0/s1. The van der Waals surface area contributed by atoms with Gasteiger partial charge in [-0.15, -0.1) is 0 Å². The van der Waals surface area contributed by atoms with Gasteiger partial charge >= 0.3 is 11.7 Å². The summed E-state index contributed by atoms with van der Waals surface area (Å²) in [5.74, 6) is -0.761. The molecule has 2 aliphatic rings. The molecule has 0 saturated carbocycles. The molecule has 2 aromatic carbocycles. The molecule has 1 atom stereocenters. The number of amides is 1. The Bertz CT molecular complexity index is 2010. The molecule has 5 aromatic rings. The van der Waals surface area contributed by atoms with E-state index >= 15 is 0 Å². The van der Waals surface area contributed by atoms with E-state index in [9.17, 15) is 29.6 Å².